The SMILES string of the molecule is O=CC(=Cc1cc(-c2ccc3c(c2)OCO3)n[nH]1)Cc1ccccc1. The minimum absolute atomic E-state index is 0.246. The lowest BCUT2D eigenvalue weighted by Crippen LogP contribution is -1.92. The highest BCUT2D eigenvalue weighted by atomic mass is 16.7. The van der Waals surface area contributed by atoms with Crippen LogP contribution in [-0.4, -0.2) is 23.3 Å². The molecule has 0 atom stereocenters. The normalized spacial score (nSPS) is 13.0. The van der Waals surface area contributed by atoms with Crippen LogP contribution in [-0.2, 0) is 11.2 Å². The molecular weight excluding hydrogens is 316 g/mol. The molecule has 0 saturated carbocycles. The van der Waals surface area contributed by atoms with Gasteiger partial charge in [-0.05, 0) is 41.5 Å². The minimum atomic E-state index is 0.246. The van der Waals surface area contributed by atoms with Crippen LogP contribution in [0.15, 0.2) is 60.2 Å². The van der Waals surface area contributed by atoms with Gasteiger partial charge in [-0.1, -0.05) is 30.3 Å². The fourth-order valence-corrected chi connectivity index (χ4v) is 2.77. The van der Waals surface area contributed by atoms with Gasteiger partial charge in [-0.15, -0.1) is 0 Å². The largest absolute Gasteiger partial charge is 0.454 e. The molecule has 3 aromatic rings. The van der Waals surface area contributed by atoms with Crippen molar-refractivity contribution in [1.29, 1.82) is 0 Å². The van der Waals surface area contributed by atoms with E-state index in [1.165, 1.54) is 0 Å². The predicted octanol–water partition coefficient (Wildman–Crippen LogP) is 3.63. The summed E-state index contributed by atoms with van der Waals surface area (Å²) in [7, 11) is 0. The van der Waals surface area contributed by atoms with Gasteiger partial charge in [-0.2, -0.15) is 5.10 Å². The molecule has 5 heteroatoms. The maximum atomic E-state index is 11.4. The summed E-state index contributed by atoms with van der Waals surface area (Å²) in [5.74, 6) is 1.46. The van der Waals surface area contributed by atoms with Crippen molar-refractivity contribution < 1.29 is 14.3 Å². The third-order valence-electron chi connectivity index (χ3n) is 4.01. The summed E-state index contributed by atoms with van der Waals surface area (Å²) >= 11 is 0. The van der Waals surface area contributed by atoms with E-state index in [1.54, 1.807) is 0 Å². The van der Waals surface area contributed by atoms with Crippen LogP contribution in [0.5, 0.6) is 11.5 Å². The molecule has 0 radical (unpaired) electrons. The van der Waals surface area contributed by atoms with E-state index >= 15 is 0 Å². The monoisotopic (exact) mass is 332 g/mol. The second kappa shape index (κ2) is 6.65. The first kappa shape index (κ1) is 15.2. The van der Waals surface area contributed by atoms with E-state index in [-0.39, 0.29) is 6.79 Å². The third-order valence-corrected chi connectivity index (χ3v) is 4.01. The zero-order valence-electron chi connectivity index (χ0n) is 13.4. The standard InChI is InChI=1S/C20H16N2O3/c23-12-15(8-14-4-2-1-3-5-14)9-17-11-18(22-21-17)16-6-7-19-20(10-16)25-13-24-19/h1-7,9-12H,8,13H2,(H,21,22). The van der Waals surface area contributed by atoms with E-state index < -0.39 is 0 Å². The Morgan fingerprint density at radius 1 is 1.08 bits per heavy atom. The zero-order valence-corrected chi connectivity index (χ0v) is 13.4. The van der Waals surface area contributed by atoms with Gasteiger partial charge in [-0.25, -0.2) is 0 Å². The van der Waals surface area contributed by atoms with Crippen LogP contribution in [0.1, 0.15) is 11.3 Å². The zero-order chi connectivity index (χ0) is 17.1. The van der Waals surface area contributed by atoms with Gasteiger partial charge in [0.05, 0.1) is 11.4 Å². The second-order valence-electron chi connectivity index (χ2n) is 5.78. The average molecular weight is 332 g/mol. The van der Waals surface area contributed by atoms with Crippen molar-refractivity contribution in [2.24, 2.45) is 0 Å². The molecule has 0 saturated heterocycles. The maximum absolute atomic E-state index is 11.4. The maximum Gasteiger partial charge on any atom is 0.231 e. The number of ether oxygens (including phenoxy) is 2. The molecule has 1 N–H and O–H groups in total. The van der Waals surface area contributed by atoms with Crippen molar-refractivity contribution in [2.45, 2.75) is 6.42 Å². The number of hydrogen-bond donors (Lipinski definition) is 1. The highest BCUT2D eigenvalue weighted by Crippen LogP contribution is 2.35. The molecule has 1 aromatic heterocycles. The highest BCUT2D eigenvalue weighted by molar-refractivity contribution is 5.82. The number of carbonyl (C=O) groups excluding carboxylic acids is 1. The average Bonchev–Trinajstić information content (AvgIpc) is 3.30. The van der Waals surface area contributed by atoms with E-state index in [0.29, 0.717) is 12.0 Å². The van der Waals surface area contributed by atoms with Crippen LogP contribution >= 0.6 is 0 Å². The van der Waals surface area contributed by atoms with Crippen molar-refractivity contribution in [3.05, 3.63) is 71.4 Å². The molecule has 1 aliphatic heterocycles. The number of allylic oxidation sites excluding steroid dienone is 1. The summed E-state index contributed by atoms with van der Waals surface area (Å²) in [4.78, 5) is 11.4. The fraction of sp³-hybridized carbons (Fsp3) is 0.100. The van der Waals surface area contributed by atoms with Crippen molar-refractivity contribution in [3.8, 4) is 22.8 Å². The van der Waals surface area contributed by atoms with Gasteiger partial charge < -0.3 is 9.47 Å². The molecule has 2 heterocycles. The number of nitrogens with one attached hydrogen (secondary N) is 1. The van der Waals surface area contributed by atoms with Gasteiger partial charge in [0, 0.05) is 12.0 Å². The number of H-pyrrole nitrogens is 1. The van der Waals surface area contributed by atoms with Gasteiger partial charge in [0.25, 0.3) is 0 Å². The molecule has 0 amide bonds. The van der Waals surface area contributed by atoms with Crippen LogP contribution in [0.3, 0.4) is 0 Å². The van der Waals surface area contributed by atoms with Crippen LogP contribution in [0.4, 0.5) is 0 Å². The summed E-state index contributed by atoms with van der Waals surface area (Å²) in [6.45, 7) is 0.246. The van der Waals surface area contributed by atoms with Crippen LogP contribution in [0.2, 0.25) is 0 Å². The Morgan fingerprint density at radius 3 is 2.76 bits per heavy atom. The molecule has 5 nitrogen and oxygen atoms in total. The molecular formula is C20H16N2O3. The van der Waals surface area contributed by atoms with Crippen molar-refractivity contribution >= 4 is 12.4 Å². The molecule has 4 rings (SSSR count). The highest BCUT2D eigenvalue weighted by Gasteiger charge is 2.14. The number of aldehydes is 1. The Labute approximate surface area is 144 Å². The van der Waals surface area contributed by atoms with Gasteiger partial charge in [0.15, 0.2) is 11.5 Å². The third kappa shape index (κ3) is 3.30. The first-order valence-corrected chi connectivity index (χ1v) is 7.97. The summed E-state index contributed by atoms with van der Waals surface area (Å²) < 4.78 is 10.7. The van der Waals surface area contributed by atoms with E-state index in [0.717, 1.165) is 40.3 Å². The molecule has 25 heavy (non-hydrogen) atoms. The molecule has 124 valence electrons. The molecule has 0 aliphatic carbocycles. The predicted molar refractivity (Wildman–Crippen MR) is 94.3 cm³/mol. The number of aromatic nitrogens is 2. The van der Waals surface area contributed by atoms with Crippen molar-refractivity contribution in [3.63, 3.8) is 0 Å². The molecule has 2 aromatic carbocycles. The first-order chi connectivity index (χ1) is 12.3. The first-order valence-electron chi connectivity index (χ1n) is 7.97. The van der Waals surface area contributed by atoms with Gasteiger partial charge in [0.1, 0.15) is 6.29 Å². The summed E-state index contributed by atoms with van der Waals surface area (Å²) in [5.41, 5.74) is 4.28. The summed E-state index contributed by atoms with van der Waals surface area (Å²) in [6.07, 6.45) is 3.29. The lowest BCUT2D eigenvalue weighted by atomic mass is 10.0. The lowest BCUT2D eigenvalue weighted by molar-refractivity contribution is -0.104. The van der Waals surface area contributed by atoms with E-state index in [1.807, 2.05) is 60.7 Å². The summed E-state index contributed by atoms with van der Waals surface area (Å²) in [6, 6.07) is 17.5. The van der Waals surface area contributed by atoms with Crippen molar-refractivity contribution in [1.82, 2.24) is 10.2 Å². The lowest BCUT2D eigenvalue weighted by Gasteiger charge is -2.00. The molecule has 0 spiro atoms. The van der Waals surface area contributed by atoms with Gasteiger partial charge in [0.2, 0.25) is 6.79 Å². The van der Waals surface area contributed by atoms with Crippen molar-refractivity contribution in [2.75, 3.05) is 6.79 Å². The quantitative estimate of drug-likeness (QED) is 0.572. The Morgan fingerprint density at radius 2 is 1.92 bits per heavy atom. The summed E-state index contributed by atoms with van der Waals surface area (Å²) in [5, 5.41) is 7.29. The van der Waals surface area contributed by atoms with E-state index in [4.69, 9.17) is 9.47 Å². The topological polar surface area (TPSA) is 64.2 Å². The number of aromatic amines is 1. The Hall–Kier alpha value is -3.34. The number of rotatable bonds is 5. The number of nitrogens with zero attached hydrogens (tertiary/aromatic N) is 1. The smallest absolute Gasteiger partial charge is 0.231 e. The number of benzene rings is 2. The Kier molecular flexibility index (Phi) is 4.04. The molecule has 1 aliphatic rings. The van der Waals surface area contributed by atoms with Gasteiger partial charge in [-0.3, -0.25) is 9.89 Å². The Balaban J connectivity index is 1.57. The van der Waals surface area contributed by atoms with Crippen LogP contribution in [0.25, 0.3) is 17.3 Å². The van der Waals surface area contributed by atoms with Crippen LogP contribution in [0, 0.1) is 0 Å². The fourth-order valence-electron chi connectivity index (χ4n) is 2.77. The molecule has 0 bridgehead atoms. The van der Waals surface area contributed by atoms with Gasteiger partial charge >= 0.3 is 0 Å². The number of hydrogen-bond acceptors (Lipinski definition) is 4. The number of fused-ring (bicyclic) bond motifs is 1. The Bertz CT molecular complexity index is 929. The van der Waals surface area contributed by atoms with Crippen LogP contribution < -0.4 is 9.47 Å². The second-order valence-corrected chi connectivity index (χ2v) is 5.78. The van der Waals surface area contributed by atoms with E-state index in [2.05, 4.69) is 10.2 Å². The number of carbonyl (C=O) groups is 1. The van der Waals surface area contributed by atoms with E-state index in [9.17, 15) is 4.79 Å². The molecule has 0 fully saturated rings. The minimum Gasteiger partial charge on any atom is -0.454 e. The molecule has 0 unspecified atom stereocenters.